The predicted octanol–water partition coefficient (Wildman–Crippen LogP) is 3.73. The lowest BCUT2D eigenvalue weighted by atomic mass is 10.2. The van der Waals surface area contributed by atoms with Gasteiger partial charge in [-0.2, -0.15) is 16.6 Å². The molecule has 0 aliphatic rings. The summed E-state index contributed by atoms with van der Waals surface area (Å²) in [6.45, 7) is 2.15. The molecule has 0 spiro atoms. The van der Waals surface area contributed by atoms with E-state index in [1.807, 2.05) is 18.2 Å². The van der Waals surface area contributed by atoms with Crippen LogP contribution in [0.2, 0.25) is 0 Å². The van der Waals surface area contributed by atoms with Crippen LogP contribution in [0.3, 0.4) is 0 Å². The molecule has 1 aromatic heterocycles. The van der Waals surface area contributed by atoms with Gasteiger partial charge in [0, 0.05) is 19.5 Å². The van der Waals surface area contributed by atoms with E-state index in [-0.39, 0.29) is 0 Å². The summed E-state index contributed by atoms with van der Waals surface area (Å²) in [7, 11) is 1.63. The number of hydrogen-bond donors (Lipinski definition) is 1. The first-order chi connectivity index (χ1) is 10.8. The fraction of sp³-hybridized carbons (Fsp3) is 0.353. The maximum Gasteiger partial charge on any atom is 0.161 e. The molecule has 0 atom stereocenters. The number of rotatable bonds is 9. The molecule has 0 saturated carbocycles. The summed E-state index contributed by atoms with van der Waals surface area (Å²) in [5.74, 6) is 1.45. The van der Waals surface area contributed by atoms with Gasteiger partial charge >= 0.3 is 0 Å². The van der Waals surface area contributed by atoms with Crippen molar-refractivity contribution in [3.8, 4) is 17.6 Å². The van der Waals surface area contributed by atoms with Crippen molar-refractivity contribution in [3.63, 3.8) is 0 Å². The van der Waals surface area contributed by atoms with Crippen LogP contribution in [0.1, 0.15) is 24.0 Å². The van der Waals surface area contributed by atoms with E-state index in [9.17, 15) is 0 Å². The molecule has 0 aliphatic carbocycles. The molecule has 5 heteroatoms. The third kappa shape index (κ3) is 5.06. The molecule has 0 radical (unpaired) electrons. The maximum absolute atomic E-state index is 8.55. The highest BCUT2D eigenvalue weighted by Gasteiger charge is 2.06. The van der Waals surface area contributed by atoms with E-state index >= 15 is 0 Å². The Hall–Kier alpha value is -2.03. The minimum Gasteiger partial charge on any atom is -0.493 e. The topological polar surface area (TPSA) is 54.3 Å². The first-order valence-corrected chi connectivity index (χ1v) is 8.16. The molecular weight excluding hydrogens is 296 g/mol. The molecule has 2 rings (SSSR count). The van der Waals surface area contributed by atoms with Crippen LogP contribution in [-0.2, 0) is 13.1 Å². The third-order valence-corrected chi connectivity index (χ3v) is 3.89. The summed E-state index contributed by atoms with van der Waals surface area (Å²) >= 11 is 1.71. The Bertz CT molecular complexity index is 606. The van der Waals surface area contributed by atoms with Gasteiger partial charge in [0.05, 0.1) is 19.8 Å². The van der Waals surface area contributed by atoms with E-state index in [4.69, 9.17) is 14.7 Å². The van der Waals surface area contributed by atoms with Crippen molar-refractivity contribution in [1.29, 1.82) is 5.26 Å². The quantitative estimate of drug-likeness (QED) is 0.716. The Morgan fingerprint density at radius 1 is 1.18 bits per heavy atom. The minimum absolute atomic E-state index is 0.504. The van der Waals surface area contributed by atoms with Gasteiger partial charge in [-0.3, -0.25) is 0 Å². The average molecular weight is 316 g/mol. The summed E-state index contributed by atoms with van der Waals surface area (Å²) in [6.07, 6.45) is 1.23. The lowest BCUT2D eigenvalue weighted by molar-refractivity contribution is 0.290. The van der Waals surface area contributed by atoms with E-state index in [2.05, 4.69) is 28.2 Å². The first-order valence-electron chi connectivity index (χ1n) is 7.22. The van der Waals surface area contributed by atoms with Crippen LogP contribution >= 0.6 is 11.3 Å². The molecule has 22 heavy (non-hydrogen) atoms. The molecule has 4 nitrogen and oxygen atoms in total. The van der Waals surface area contributed by atoms with Crippen molar-refractivity contribution < 1.29 is 9.47 Å². The van der Waals surface area contributed by atoms with Gasteiger partial charge in [-0.15, -0.1) is 0 Å². The predicted molar refractivity (Wildman–Crippen MR) is 88.2 cm³/mol. The van der Waals surface area contributed by atoms with Crippen LogP contribution in [0.5, 0.6) is 11.5 Å². The van der Waals surface area contributed by atoms with Crippen molar-refractivity contribution in [3.05, 3.63) is 46.2 Å². The van der Waals surface area contributed by atoms with E-state index in [0.29, 0.717) is 13.0 Å². The number of nitrogens with one attached hydrogen (secondary N) is 1. The summed E-state index contributed by atoms with van der Waals surface area (Å²) in [4.78, 5) is 0. The molecule has 0 amide bonds. The molecule has 0 saturated heterocycles. The normalized spacial score (nSPS) is 10.2. The average Bonchev–Trinajstić information content (AvgIpc) is 3.05. The van der Waals surface area contributed by atoms with E-state index < -0.39 is 0 Å². The van der Waals surface area contributed by atoms with Gasteiger partial charge in [0.1, 0.15) is 0 Å². The number of ether oxygens (including phenoxy) is 2. The largest absolute Gasteiger partial charge is 0.493 e. The minimum atomic E-state index is 0.504. The van der Waals surface area contributed by atoms with Gasteiger partial charge in [-0.1, -0.05) is 6.07 Å². The Morgan fingerprint density at radius 2 is 2.05 bits per heavy atom. The van der Waals surface area contributed by atoms with Gasteiger partial charge in [0.25, 0.3) is 0 Å². The van der Waals surface area contributed by atoms with Gasteiger partial charge in [0.15, 0.2) is 11.5 Å². The van der Waals surface area contributed by atoms with Crippen molar-refractivity contribution in [2.24, 2.45) is 0 Å². The molecule has 2 aromatic rings. The van der Waals surface area contributed by atoms with Crippen molar-refractivity contribution in [1.82, 2.24) is 5.32 Å². The molecule has 1 aromatic carbocycles. The van der Waals surface area contributed by atoms with Crippen LogP contribution in [0.25, 0.3) is 0 Å². The second kappa shape index (κ2) is 9.08. The van der Waals surface area contributed by atoms with E-state index in [0.717, 1.165) is 36.6 Å². The van der Waals surface area contributed by atoms with Crippen molar-refractivity contribution in [2.75, 3.05) is 13.7 Å². The van der Waals surface area contributed by atoms with Gasteiger partial charge in [-0.05, 0) is 46.5 Å². The molecule has 116 valence electrons. The Kier molecular flexibility index (Phi) is 6.75. The molecular formula is C17H20N2O2S. The highest BCUT2D eigenvalue weighted by Crippen LogP contribution is 2.28. The molecule has 0 bridgehead atoms. The second-order valence-corrected chi connectivity index (χ2v) is 5.61. The Balaban J connectivity index is 1.89. The molecule has 0 fully saturated rings. The van der Waals surface area contributed by atoms with E-state index in [1.54, 1.807) is 18.4 Å². The Morgan fingerprint density at radius 3 is 2.77 bits per heavy atom. The van der Waals surface area contributed by atoms with E-state index in [1.165, 1.54) is 5.56 Å². The van der Waals surface area contributed by atoms with Crippen LogP contribution in [0, 0.1) is 11.3 Å². The van der Waals surface area contributed by atoms with Crippen LogP contribution in [0.4, 0.5) is 0 Å². The second-order valence-electron chi connectivity index (χ2n) is 4.83. The summed E-state index contributed by atoms with van der Waals surface area (Å²) in [5, 5.41) is 16.2. The SMILES string of the molecule is COc1ccc(CNCc2ccsc2)cc1OCCCC#N. The van der Waals surface area contributed by atoms with Gasteiger partial charge in [0.2, 0.25) is 0 Å². The number of methoxy groups -OCH3 is 1. The molecule has 0 aliphatic heterocycles. The smallest absolute Gasteiger partial charge is 0.161 e. The van der Waals surface area contributed by atoms with Gasteiger partial charge < -0.3 is 14.8 Å². The number of thiophene rings is 1. The maximum atomic E-state index is 8.55. The molecule has 1 heterocycles. The summed E-state index contributed by atoms with van der Waals surface area (Å²) < 4.78 is 11.0. The fourth-order valence-electron chi connectivity index (χ4n) is 2.02. The zero-order valence-corrected chi connectivity index (χ0v) is 13.5. The van der Waals surface area contributed by atoms with Crippen molar-refractivity contribution in [2.45, 2.75) is 25.9 Å². The monoisotopic (exact) mass is 316 g/mol. The van der Waals surface area contributed by atoms with Crippen LogP contribution < -0.4 is 14.8 Å². The lowest BCUT2D eigenvalue weighted by Gasteiger charge is -2.12. The fourth-order valence-corrected chi connectivity index (χ4v) is 2.69. The van der Waals surface area contributed by atoms with Crippen LogP contribution in [-0.4, -0.2) is 13.7 Å². The highest BCUT2D eigenvalue weighted by atomic mass is 32.1. The first kappa shape index (κ1) is 16.3. The number of unbranched alkanes of at least 4 members (excludes halogenated alkanes) is 1. The standard InChI is InChI=1S/C17H20N2O2S/c1-20-16-5-4-14(10-17(16)21-8-3-2-7-18)11-19-12-15-6-9-22-13-15/h4-6,9-10,13,19H,2-3,8,11-12H2,1H3. The zero-order chi connectivity index (χ0) is 15.6. The summed E-state index contributed by atoms with van der Waals surface area (Å²) in [6, 6.07) is 10.2. The highest BCUT2D eigenvalue weighted by molar-refractivity contribution is 7.07. The number of nitrogens with zero attached hydrogens (tertiary/aromatic N) is 1. The molecule has 0 unspecified atom stereocenters. The number of hydrogen-bond acceptors (Lipinski definition) is 5. The van der Waals surface area contributed by atoms with Crippen LogP contribution in [0.15, 0.2) is 35.0 Å². The summed E-state index contributed by atoms with van der Waals surface area (Å²) in [5.41, 5.74) is 2.44. The number of benzene rings is 1. The lowest BCUT2D eigenvalue weighted by Crippen LogP contribution is -2.12. The van der Waals surface area contributed by atoms with Crippen molar-refractivity contribution >= 4 is 11.3 Å². The Labute approximate surface area is 135 Å². The molecule has 1 N–H and O–H groups in total. The zero-order valence-electron chi connectivity index (χ0n) is 12.7. The third-order valence-electron chi connectivity index (χ3n) is 3.16. The number of nitriles is 1. The van der Waals surface area contributed by atoms with Gasteiger partial charge in [-0.25, -0.2) is 0 Å².